The van der Waals surface area contributed by atoms with Crippen LogP contribution < -0.4 is 0 Å². The minimum Gasteiger partial charge on any atom is -0.305 e. The molecule has 0 saturated heterocycles. The molecule has 0 aliphatic rings. The van der Waals surface area contributed by atoms with Crippen molar-refractivity contribution in [2.45, 2.75) is 31.3 Å². The minimum absolute atomic E-state index is 0.00778. The lowest BCUT2D eigenvalue weighted by Gasteiger charge is -2.24. The van der Waals surface area contributed by atoms with Gasteiger partial charge in [0, 0.05) is 13.1 Å². The van der Waals surface area contributed by atoms with Crippen molar-refractivity contribution in [3.63, 3.8) is 0 Å². The van der Waals surface area contributed by atoms with Crippen molar-refractivity contribution in [3.05, 3.63) is 0 Å². The van der Waals surface area contributed by atoms with E-state index in [4.69, 9.17) is 0 Å². The highest BCUT2D eigenvalue weighted by Crippen LogP contribution is 2.26. The van der Waals surface area contributed by atoms with Crippen LogP contribution >= 0.6 is 15.9 Å². The molecule has 0 rings (SSSR count). The molecule has 0 fully saturated rings. The van der Waals surface area contributed by atoms with E-state index < -0.39 is 11.0 Å². The lowest BCUT2D eigenvalue weighted by atomic mass is 10.1. The van der Waals surface area contributed by atoms with E-state index in [0.29, 0.717) is 12.5 Å². The van der Waals surface area contributed by atoms with E-state index in [0.717, 1.165) is 6.42 Å². The Bertz CT molecular complexity index is 161. The van der Waals surface area contributed by atoms with E-state index in [1.54, 1.807) is 11.9 Å². The molecule has 86 valence electrons. The number of rotatable bonds is 5. The molecule has 0 aliphatic carbocycles. The van der Waals surface area contributed by atoms with Gasteiger partial charge in [-0.1, -0.05) is 36.2 Å². The number of hydrogen-bond acceptors (Lipinski definition) is 1. The van der Waals surface area contributed by atoms with Crippen molar-refractivity contribution in [1.29, 1.82) is 0 Å². The molecule has 0 aromatic carbocycles. The maximum atomic E-state index is 12.2. The second-order valence-electron chi connectivity index (χ2n) is 3.74. The number of nitrogens with zero attached hydrogens (tertiary/aromatic N) is 1. The lowest BCUT2D eigenvalue weighted by molar-refractivity contribution is -0.130. The van der Waals surface area contributed by atoms with Crippen molar-refractivity contribution < 1.29 is 13.2 Å². The Morgan fingerprint density at radius 2 is 1.79 bits per heavy atom. The average Bonchev–Trinajstić information content (AvgIpc) is 2.02. The summed E-state index contributed by atoms with van der Waals surface area (Å²) in [6.07, 6.45) is -3.16. The fourth-order valence-electron chi connectivity index (χ4n) is 1.11. The molecule has 5 heteroatoms. The minimum atomic E-state index is -4.15. The number of alkyl halides is 4. The SMILES string of the molecule is CCC(C)CN(C)CC(Br)C(F)(F)F. The van der Waals surface area contributed by atoms with Crippen molar-refractivity contribution in [2.24, 2.45) is 5.92 Å². The third-order valence-electron chi connectivity index (χ3n) is 2.15. The molecule has 14 heavy (non-hydrogen) atoms. The van der Waals surface area contributed by atoms with Crippen molar-refractivity contribution in [3.8, 4) is 0 Å². The Balaban J connectivity index is 3.88. The first-order valence-corrected chi connectivity index (χ1v) is 5.58. The van der Waals surface area contributed by atoms with Gasteiger partial charge in [0.1, 0.15) is 4.83 Å². The van der Waals surface area contributed by atoms with Crippen LogP contribution in [0.4, 0.5) is 13.2 Å². The quantitative estimate of drug-likeness (QED) is 0.696. The van der Waals surface area contributed by atoms with Crippen LogP contribution in [0.2, 0.25) is 0 Å². The lowest BCUT2D eigenvalue weighted by Crippen LogP contribution is -2.37. The van der Waals surface area contributed by atoms with Crippen molar-refractivity contribution >= 4 is 15.9 Å². The standard InChI is InChI=1S/C9H17BrF3N/c1-4-7(2)5-14(3)6-8(10)9(11,12)13/h7-8H,4-6H2,1-3H3. The predicted octanol–water partition coefficient (Wildman–Crippen LogP) is 3.29. The van der Waals surface area contributed by atoms with Crippen LogP contribution in [0.1, 0.15) is 20.3 Å². The smallest absolute Gasteiger partial charge is 0.305 e. The van der Waals surface area contributed by atoms with Gasteiger partial charge in [0.2, 0.25) is 0 Å². The highest BCUT2D eigenvalue weighted by molar-refractivity contribution is 9.09. The van der Waals surface area contributed by atoms with Crippen molar-refractivity contribution in [2.75, 3.05) is 20.1 Å². The summed E-state index contributed by atoms with van der Waals surface area (Å²) in [4.78, 5) is 0.283. The first kappa shape index (κ1) is 14.2. The average molecular weight is 276 g/mol. The zero-order valence-corrected chi connectivity index (χ0v) is 10.3. The van der Waals surface area contributed by atoms with Gasteiger partial charge in [-0.3, -0.25) is 0 Å². The molecule has 0 aromatic rings. The van der Waals surface area contributed by atoms with Crippen molar-refractivity contribution in [1.82, 2.24) is 4.90 Å². The maximum absolute atomic E-state index is 12.2. The highest BCUT2D eigenvalue weighted by atomic mass is 79.9. The summed E-state index contributed by atoms with van der Waals surface area (Å²) in [6, 6.07) is 0. The summed E-state index contributed by atoms with van der Waals surface area (Å²) in [6.45, 7) is 4.78. The summed E-state index contributed by atoms with van der Waals surface area (Å²) < 4.78 is 36.5. The van der Waals surface area contributed by atoms with E-state index in [9.17, 15) is 13.2 Å². The maximum Gasteiger partial charge on any atom is 0.402 e. The molecule has 0 bridgehead atoms. The van der Waals surface area contributed by atoms with E-state index in [1.807, 2.05) is 13.8 Å². The second-order valence-corrected chi connectivity index (χ2v) is 4.85. The van der Waals surface area contributed by atoms with Crippen LogP contribution in [0.15, 0.2) is 0 Å². The molecule has 2 unspecified atom stereocenters. The van der Waals surface area contributed by atoms with E-state index in [-0.39, 0.29) is 6.54 Å². The molecule has 0 spiro atoms. The zero-order valence-electron chi connectivity index (χ0n) is 8.74. The molecular weight excluding hydrogens is 259 g/mol. The topological polar surface area (TPSA) is 3.24 Å². The second kappa shape index (κ2) is 5.95. The van der Waals surface area contributed by atoms with Gasteiger partial charge in [0.15, 0.2) is 0 Å². The van der Waals surface area contributed by atoms with Gasteiger partial charge in [0.25, 0.3) is 0 Å². The van der Waals surface area contributed by atoms with Gasteiger partial charge >= 0.3 is 6.18 Å². The Morgan fingerprint density at radius 3 is 2.14 bits per heavy atom. The van der Waals surface area contributed by atoms with Gasteiger partial charge in [-0.05, 0) is 13.0 Å². The van der Waals surface area contributed by atoms with E-state index in [1.165, 1.54) is 0 Å². The van der Waals surface area contributed by atoms with Gasteiger partial charge in [-0.25, -0.2) is 0 Å². The van der Waals surface area contributed by atoms with Gasteiger partial charge in [-0.15, -0.1) is 0 Å². The number of halogens is 4. The summed E-state index contributed by atoms with van der Waals surface area (Å²) in [7, 11) is 1.71. The Hall–Kier alpha value is 0.230. The summed E-state index contributed by atoms with van der Waals surface area (Å²) in [5.41, 5.74) is 0. The first-order valence-electron chi connectivity index (χ1n) is 4.66. The zero-order chi connectivity index (χ0) is 11.4. The third-order valence-corrected chi connectivity index (χ3v) is 2.96. The Labute approximate surface area is 91.8 Å². The number of hydrogen-bond donors (Lipinski definition) is 0. The van der Waals surface area contributed by atoms with E-state index >= 15 is 0 Å². The molecule has 0 radical (unpaired) electrons. The van der Waals surface area contributed by atoms with Crippen LogP contribution in [0.25, 0.3) is 0 Å². The molecule has 0 heterocycles. The molecule has 2 atom stereocenters. The molecule has 0 amide bonds. The molecule has 0 saturated carbocycles. The Morgan fingerprint density at radius 1 is 1.29 bits per heavy atom. The van der Waals surface area contributed by atoms with Crippen LogP contribution in [0, 0.1) is 5.92 Å². The molecule has 1 nitrogen and oxygen atoms in total. The fraction of sp³-hybridized carbons (Fsp3) is 1.00. The Kier molecular flexibility index (Phi) is 6.05. The largest absolute Gasteiger partial charge is 0.402 e. The molecule has 0 N–H and O–H groups in total. The summed E-state index contributed by atoms with van der Waals surface area (Å²) in [5.74, 6) is 0.438. The normalized spacial score (nSPS) is 17.1. The first-order chi connectivity index (χ1) is 6.27. The van der Waals surface area contributed by atoms with Gasteiger partial charge in [0.05, 0.1) is 0 Å². The highest BCUT2D eigenvalue weighted by Gasteiger charge is 2.38. The fourth-order valence-corrected chi connectivity index (χ4v) is 1.61. The van der Waals surface area contributed by atoms with Gasteiger partial charge in [-0.2, -0.15) is 13.2 Å². The molecule has 0 aliphatic heterocycles. The predicted molar refractivity (Wildman–Crippen MR) is 55.7 cm³/mol. The third kappa shape index (κ3) is 5.86. The molecular formula is C9H17BrF3N. The van der Waals surface area contributed by atoms with Crippen LogP contribution in [0.3, 0.4) is 0 Å². The van der Waals surface area contributed by atoms with Crippen LogP contribution in [0.5, 0.6) is 0 Å². The monoisotopic (exact) mass is 275 g/mol. The van der Waals surface area contributed by atoms with E-state index in [2.05, 4.69) is 15.9 Å². The molecule has 0 aromatic heterocycles. The van der Waals surface area contributed by atoms with Crippen LogP contribution in [-0.4, -0.2) is 36.0 Å². The summed E-state index contributed by atoms with van der Waals surface area (Å²) in [5, 5.41) is 0. The van der Waals surface area contributed by atoms with Gasteiger partial charge < -0.3 is 4.90 Å². The summed E-state index contributed by atoms with van der Waals surface area (Å²) >= 11 is 2.64. The van der Waals surface area contributed by atoms with Crippen LogP contribution in [-0.2, 0) is 0 Å².